The second-order valence-corrected chi connectivity index (χ2v) is 3.99. The molecule has 1 atom stereocenters. The molecule has 76 valence electrons. The average Bonchev–Trinajstić information content (AvgIpc) is 2.20. The minimum Gasteiger partial charge on any atom is -0.326 e. The van der Waals surface area contributed by atoms with Crippen LogP contribution in [0.25, 0.3) is 0 Å². The summed E-state index contributed by atoms with van der Waals surface area (Å²) in [6, 6.07) is 7.44. The van der Waals surface area contributed by atoms with Crippen LogP contribution in [-0.4, -0.2) is 5.91 Å². The molecule has 1 unspecified atom stereocenters. The maximum atomic E-state index is 11.6. The van der Waals surface area contributed by atoms with Gasteiger partial charge in [0.05, 0.1) is 12.0 Å². The van der Waals surface area contributed by atoms with E-state index < -0.39 is 0 Å². The zero-order valence-corrected chi connectivity index (χ0v) is 8.71. The molecule has 1 aliphatic heterocycles. The Morgan fingerprint density at radius 3 is 3.13 bits per heavy atom. The number of carbonyl (C=O) groups excluding carboxylic acids is 1. The Morgan fingerprint density at radius 2 is 2.40 bits per heavy atom. The molecule has 4 heteroatoms. The first-order chi connectivity index (χ1) is 7.20. The van der Waals surface area contributed by atoms with Gasteiger partial charge < -0.3 is 5.32 Å². The van der Waals surface area contributed by atoms with Gasteiger partial charge in [-0.1, -0.05) is 17.7 Å². The van der Waals surface area contributed by atoms with Crippen molar-refractivity contribution < 1.29 is 4.79 Å². The van der Waals surface area contributed by atoms with Crippen molar-refractivity contribution in [3.8, 4) is 6.07 Å². The van der Waals surface area contributed by atoms with E-state index in [1.165, 1.54) is 0 Å². The first-order valence-corrected chi connectivity index (χ1v) is 5.04. The van der Waals surface area contributed by atoms with Crippen molar-refractivity contribution >= 4 is 23.2 Å². The Bertz CT molecular complexity index is 450. The summed E-state index contributed by atoms with van der Waals surface area (Å²) >= 11 is 5.82. The highest BCUT2D eigenvalue weighted by Crippen LogP contribution is 2.29. The second kappa shape index (κ2) is 3.92. The Balaban J connectivity index is 2.30. The van der Waals surface area contributed by atoms with Gasteiger partial charge in [-0.15, -0.1) is 0 Å². The molecule has 1 amide bonds. The molecule has 0 saturated heterocycles. The molecule has 1 heterocycles. The van der Waals surface area contributed by atoms with Gasteiger partial charge in [-0.05, 0) is 24.1 Å². The van der Waals surface area contributed by atoms with Crippen LogP contribution in [0.3, 0.4) is 0 Å². The maximum absolute atomic E-state index is 11.6. The molecule has 0 aliphatic carbocycles. The Morgan fingerprint density at radius 1 is 1.60 bits per heavy atom. The lowest BCUT2D eigenvalue weighted by molar-refractivity contribution is -0.120. The number of halogens is 1. The third-order valence-corrected chi connectivity index (χ3v) is 2.74. The van der Waals surface area contributed by atoms with Crippen molar-refractivity contribution in [3.63, 3.8) is 0 Å². The van der Waals surface area contributed by atoms with E-state index in [2.05, 4.69) is 5.32 Å². The van der Waals surface area contributed by atoms with E-state index >= 15 is 0 Å². The van der Waals surface area contributed by atoms with E-state index in [1.54, 1.807) is 12.1 Å². The highest BCUT2D eigenvalue weighted by molar-refractivity contribution is 6.31. The zero-order chi connectivity index (χ0) is 10.8. The molecule has 1 N–H and O–H groups in total. The normalized spacial score (nSPS) is 18.9. The number of rotatable bonds is 1. The minimum absolute atomic E-state index is 0.0914. The number of nitrogens with zero attached hydrogens (tertiary/aromatic N) is 1. The maximum Gasteiger partial charge on any atom is 0.228 e. The monoisotopic (exact) mass is 220 g/mol. The van der Waals surface area contributed by atoms with Gasteiger partial charge in [0, 0.05) is 17.1 Å². The second-order valence-electron chi connectivity index (χ2n) is 3.55. The number of carbonyl (C=O) groups is 1. The fourth-order valence-electron chi connectivity index (χ4n) is 1.71. The summed E-state index contributed by atoms with van der Waals surface area (Å²) in [5, 5.41) is 11.9. The highest BCUT2D eigenvalue weighted by atomic mass is 35.5. The summed E-state index contributed by atoms with van der Waals surface area (Å²) < 4.78 is 0. The molecule has 1 aromatic rings. The van der Waals surface area contributed by atoms with Gasteiger partial charge in [-0.25, -0.2) is 0 Å². The van der Waals surface area contributed by atoms with E-state index in [9.17, 15) is 4.79 Å². The number of amides is 1. The third-order valence-electron chi connectivity index (χ3n) is 2.50. The Kier molecular flexibility index (Phi) is 2.61. The van der Waals surface area contributed by atoms with Crippen LogP contribution in [0.5, 0.6) is 0 Å². The van der Waals surface area contributed by atoms with E-state index in [-0.39, 0.29) is 18.2 Å². The molecule has 1 aromatic carbocycles. The lowest BCUT2D eigenvalue weighted by Gasteiger charge is -2.22. The summed E-state index contributed by atoms with van der Waals surface area (Å²) in [4.78, 5) is 11.6. The van der Waals surface area contributed by atoms with Crippen molar-refractivity contribution in [2.75, 3.05) is 5.32 Å². The van der Waals surface area contributed by atoms with E-state index in [4.69, 9.17) is 16.9 Å². The minimum atomic E-state index is -0.233. The first-order valence-electron chi connectivity index (χ1n) is 4.67. The van der Waals surface area contributed by atoms with Gasteiger partial charge in [0.2, 0.25) is 5.91 Å². The zero-order valence-electron chi connectivity index (χ0n) is 7.96. The van der Waals surface area contributed by atoms with Crippen LogP contribution in [0, 0.1) is 17.2 Å². The fourth-order valence-corrected chi connectivity index (χ4v) is 1.88. The third kappa shape index (κ3) is 1.95. The molecule has 15 heavy (non-hydrogen) atoms. The fraction of sp³-hybridized carbons (Fsp3) is 0.273. The van der Waals surface area contributed by atoms with Crippen LogP contribution < -0.4 is 5.32 Å². The van der Waals surface area contributed by atoms with Crippen LogP contribution in [0.1, 0.15) is 12.0 Å². The van der Waals surface area contributed by atoms with Crippen molar-refractivity contribution in [1.29, 1.82) is 5.26 Å². The lowest BCUT2D eigenvalue weighted by atomic mass is 9.91. The molecule has 0 spiro atoms. The average molecular weight is 221 g/mol. The van der Waals surface area contributed by atoms with Crippen LogP contribution in [-0.2, 0) is 11.2 Å². The molecule has 2 rings (SSSR count). The number of nitrogens with one attached hydrogen (secondary N) is 1. The van der Waals surface area contributed by atoms with E-state index in [0.29, 0.717) is 11.4 Å². The lowest BCUT2D eigenvalue weighted by Crippen LogP contribution is -2.29. The standard InChI is InChI=1S/C11H9ClN2O/c12-9-2-1-7-5-8(3-4-13)11(15)14-10(7)6-9/h1-2,6,8H,3,5H2,(H,14,15). The topological polar surface area (TPSA) is 52.9 Å². The van der Waals surface area contributed by atoms with Crippen LogP contribution in [0.4, 0.5) is 5.69 Å². The first kappa shape index (κ1) is 10.0. The van der Waals surface area contributed by atoms with Gasteiger partial charge in [0.1, 0.15) is 0 Å². The van der Waals surface area contributed by atoms with Gasteiger partial charge in [-0.2, -0.15) is 5.26 Å². The number of fused-ring (bicyclic) bond motifs is 1. The summed E-state index contributed by atoms with van der Waals surface area (Å²) in [6.45, 7) is 0. The molecular formula is C11H9ClN2O. The molecule has 3 nitrogen and oxygen atoms in total. The van der Waals surface area contributed by atoms with Crippen LogP contribution >= 0.6 is 11.6 Å². The summed E-state index contributed by atoms with van der Waals surface area (Å²) in [7, 11) is 0. The molecule has 0 radical (unpaired) electrons. The number of anilines is 1. The Hall–Kier alpha value is -1.53. The number of benzene rings is 1. The molecule has 0 bridgehead atoms. The van der Waals surface area contributed by atoms with Crippen LogP contribution in [0.2, 0.25) is 5.02 Å². The number of hydrogen-bond donors (Lipinski definition) is 1. The molecule has 1 aliphatic rings. The van der Waals surface area contributed by atoms with Crippen molar-refractivity contribution in [1.82, 2.24) is 0 Å². The van der Waals surface area contributed by atoms with Crippen LogP contribution in [0.15, 0.2) is 18.2 Å². The number of hydrogen-bond acceptors (Lipinski definition) is 2. The SMILES string of the molecule is N#CCC1Cc2ccc(Cl)cc2NC1=O. The number of nitriles is 1. The van der Waals surface area contributed by atoms with Gasteiger partial charge >= 0.3 is 0 Å². The summed E-state index contributed by atoms with van der Waals surface area (Å²) in [6.07, 6.45) is 0.875. The predicted molar refractivity (Wildman–Crippen MR) is 57.5 cm³/mol. The molecule has 0 fully saturated rings. The molecular weight excluding hydrogens is 212 g/mol. The van der Waals surface area contributed by atoms with Gasteiger partial charge in [0.25, 0.3) is 0 Å². The van der Waals surface area contributed by atoms with E-state index in [0.717, 1.165) is 11.3 Å². The summed E-state index contributed by atoms with van der Waals surface area (Å²) in [5.74, 6) is -0.324. The largest absolute Gasteiger partial charge is 0.326 e. The predicted octanol–water partition coefficient (Wildman–Crippen LogP) is 2.36. The van der Waals surface area contributed by atoms with Crippen molar-refractivity contribution in [3.05, 3.63) is 28.8 Å². The quantitative estimate of drug-likeness (QED) is 0.790. The molecule has 0 aromatic heterocycles. The van der Waals surface area contributed by atoms with E-state index in [1.807, 2.05) is 12.1 Å². The summed E-state index contributed by atoms with van der Waals surface area (Å²) in [5.41, 5.74) is 1.81. The van der Waals surface area contributed by atoms with Crippen molar-refractivity contribution in [2.45, 2.75) is 12.8 Å². The van der Waals surface area contributed by atoms with Gasteiger partial charge in [0.15, 0.2) is 0 Å². The highest BCUT2D eigenvalue weighted by Gasteiger charge is 2.25. The Labute approximate surface area is 92.7 Å². The smallest absolute Gasteiger partial charge is 0.228 e. The van der Waals surface area contributed by atoms with Gasteiger partial charge in [-0.3, -0.25) is 4.79 Å². The molecule has 0 saturated carbocycles. The van der Waals surface area contributed by atoms with Crippen molar-refractivity contribution in [2.24, 2.45) is 5.92 Å².